The van der Waals surface area contributed by atoms with Gasteiger partial charge in [0.05, 0.1) is 22.9 Å². The summed E-state index contributed by atoms with van der Waals surface area (Å²) in [5, 5.41) is 9.76. The van der Waals surface area contributed by atoms with Gasteiger partial charge >= 0.3 is 5.97 Å². The van der Waals surface area contributed by atoms with Gasteiger partial charge < -0.3 is 9.67 Å². The standard InChI is InChI=1S/C15H18N2O2S/c1-2-20-14-5-3-4-12(14)17-9-16-11-7-6-10(15(18)19)8-13(11)17/h6-9,12,14H,2-5H2,1H3,(H,18,19). The van der Waals surface area contributed by atoms with Gasteiger partial charge in [-0.3, -0.25) is 0 Å². The Kier molecular flexibility index (Phi) is 3.70. The number of aromatic carboxylic acids is 1. The molecule has 0 aliphatic heterocycles. The van der Waals surface area contributed by atoms with Gasteiger partial charge in [0.2, 0.25) is 0 Å². The van der Waals surface area contributed by atoms with E-state index in [9.17, 15) is 4.79 Å². The quantitative estimate of drug-likeness (QED) is 0.935. The number of thioether (sulfide) groups is 1. The highest BCUT2D eigenvalue weighted by Gasteiger charge is 2.29. The summed E-state index contributed by atoms with van der Waals surface area (Å²) in [6.07, 6.45) is 5.50. The van der Waals surface area contributed by atoms with Crippen molar-refractivity contribution in [1.29, 1.82) is 0 Å². The van der Waals surface area contributed by atoms with E-state index in [2.05, 4.69) is 16.5 Å². The van der Waals surface area contributed by atoms with Crippen LogP contribution < -0.4 is 0 Å². The molecule has 4 nitrogen and oxygen atoms in total. The van der Waals surface area contributed by atoms with Gasteiger partial charge in [-0.25, -0.2) is 9.78 Å². The number of carboxylic acid groups (broad SMARTS) is 1. The predicted octanol–water partition coefficient (Wildman–Crippen LogP) is 3.58. The summed E-state index contributed by atoms with van der Waals surface area (Å²) in [6, 6.07) is 5.60. The van der Waals surface area contributed by atoms with Crippen molar-refractivity contribution in [2.45, 2.75) is 37.5 Å². The molecule has 2 unspecified atom stereocenters. The molecule has 5 heteroatoms. The third kappa shape index (κ3) is 2.30. The second-order valence-corrected chi connectivity index (χ2v) is 6.67. The maximum absolute atomic E-state index is 11.1. The van der Waals surface area contributed by atoms with E-state index < -0.39 is 5.97 Å². The molecule has 1 heterocycles. The fraction of sp³-hybridized carbons (Fsp3) is 0.467. The summed E-state index contributed by atoms with van der Waals surface area (Å²) in [4.78, 5) is 15.6. The maximum Gasteiger partial charge on any atom is 0.335 e. The van der Waals surface area contributed by atoms with Gasteiger partial charge in [0, 0.05) is 11.3 Å². The van der Waals surface area contributed by atoms with Gasteiger partial charge in [0.25, 0.3) is 0 Å². The molecule has 1 aliphatic rings. The molecule has 0 spiro atoms. The van der Waals surface area contributed by atoms with Gasteiger partial charge in [0.1, 0.15) is 0 Å². The zero-order chi connectivity index (χ0) is 14.1. The van der Waals surface area contributed by atoms with Crippen molar-refractivity contribution in [3.8, 4) is 0 Å². The summed E-state index contributed by atoms with van der Waals surface area (Å²) in [6.45, 7) is 2.19. The molecule has 0 radical (unpaired) electrons. The number of hydrogen-bond donors (Lipinski definition) is 1. The second kappa shape index (κ2) is 5.48. The molecule has 106 valence electrons. The van der Waals surface area contributed by atoms with Crippen LogP contribution in [0.15, 0.2) is 24.5 Å². The van der Waals surface area contributed by atoms with Crippen LogP contribution in [0.2, 0.25) is 0 Å². The number of carboxylic acids is 1. The number of aromatic nitrogens is 2. The van der Waals surface area contributed by atoms with Crippen molar-refractivity contribution in [3.63, 3.8) is 0 Å². The molecule has 1 aromatic heterocycles. The first kappa shape index (κ1) is 13.5. The van der Waals surface area contributed by atoms with Crippen LogP contribution >= 0.6 is 11.8 Å². The van der Waals surface area contributed by atoms with Crippen molar-refractivity contribution in [2.24, 2.45) is 0 Å². The first-order valence-electron chi connectivity index (χ1n) is 7.02. The lowest BCUT2D eigenvalue weighted by Gasteiger charge is -2.21. The number of nitrogens with zero attached hydrogens (tertiary/aromatic N) is 2. The zero-order valence-electron chi connectivity index (χ0n) is 11.5. The van der Waals surface area contributed by atoms with Gasteiger partial charge in [-0.2, -0.15) is 11.8 Å². The Bertz CT molecular complexity index is 638. The van der Waals surface area contributed by atoms with Crippen molar-refractivity contribution in [3.05, 3.63) is 30.1 Å². The van der Waals surface area contributed by atoms with Crippen molar-refractivity contribution in [1.82, 2.24) is 9.55 Å². The first-order valence-corrected chi connectivity index (χ1v) is 8.07. The van der Waals surface area contributed by atoms with Crippen LogP contribution in [0.25, 0.3) is 11.0 Å². The van der Waals surface area contributed by atoms with Crippen LogP contribution in [0, 0.1) is 0 Å². The third-order valence-electron chi connectivity index (χ3n) is 3.98. The van der Waals surface area contributed by atoms with Crippen LogP contribution in [0.4, 0.5) is 0 Å². The number of imidazole rings is 1. The highest BCUT2D eigenvalue weighted by Crippen LogP contribution is 2.39. The number of rotatable bonds is 4. The molecule has 1 N–H and O–H groups in total. The summed E-state index contributed by atoms with van der Waals surface area (Å²) in [5.41, 5.74) is 2.15. The Morgan fingerprint density at radius 2 is 2.35 bits per heavy atom. The lowest BCUT2D eigenvalue weighted by Crippen LogP contribution is -2.15. The molecular weight excluding hydrogens is 272 g/mol. The van der Waals surface area contributed by atoms with E-state index in [0.717, 1.165) is 23.2 Å². The molecule has 3 rings (SSSR count). The van der Waals surface area contributed by atoms with Gasteiger partial charge in [-0.15, -0.1) is 0 Å². The molecule has 2 aromatic rings. The number of carbonyl (C=O) groups is 1. The minimum absolute atomic E-state index is 0.331. The van der Waals surface area contributed by atoms with Crippen LogP contribution in [0.3, 0.4) is 0 Å². The van der Waals surface area contributed by atoms with E-state index in [0.29, 0.717) is 16.9 Å². The largest absolute Gasteiger partial charge is 0.478 e. The number of fused-ring (bicyclic) bond motifs is 1. The molecule has 0 saturated heterocycles. The number of benzene rings is 1. The van der Waals surface area contributed by atoms with Gasteiger partial charge in [-0.1, -0.05) is 13.3 Å². The average Bonchev–Trinajstić information content (AvgIpc) is 3.04. The van der Waals surface area contributed by atoms with E-state index in [-0.39, 0.29) is 0 Å². The van der Waals surface area contributed by atoms with E-state index in [1.165, 1.54) is 12.8 Å². The Hall–Kier alpha value is -1.49. The van der Waals surface area contributed by atoms with Crippen molar-refractivity contribution < 1.29 is 9.90 Å². The van der Waals surface area contributed by atoms with Crippen molar-refractivity contribution >= 4 is 28.8 Å². The highest BCUT2D eigenvalue weighted by molar-refractivity contribution is 7.99. The van der Waals surface area contributed by atoms with Gasteiger partial charge in [-0.05, 0) is 36.8 Å². The lowest BCUT2D eigenvalue weighted by atomic mass is 10.2. The highest BCUT2D eigenvalue weighted by atomic mass is 32.2. The second-order valence-electron chi connectivity index (χ2n) is 5.15. The molecular formula is C15H18N2O2S. The topological polar surface area (TPSA) is 55.1 Å². The molecule has 2 atom stereocenters. The van der Waals surface area contributed by atoms with E-state index in [4.69, 9.17) is 5.11 Å². The Labute approximate surface area is 122 Å². The minimum Gasteiger partial charge on any atom is -0.478 e. The Morgan fingerprint density at radius 3 is 3.10 bits per heavy atom. The fourth-order valence-corrected chi connectivity index (χ4v) is 4.31. The van der Waals surface area contributed by atoms with Crippen molar-refractivity contribution in [2.75, 3.05) is 5.75 Å². The monoisotopic (exact) mass is 290 g/mol. The predicted molar refractivity (Wildman–Crippen MR) is 81.5 cm³/mol. The molecule has 0 bridgehead atoms. The zero-order valence-corrected chi connectivity index (χ0v) is 12.3. The fourth-order valence-electron chi connectivity index (χ4n) is 3.06. The normalized spacial score (nSPS) is 22.4. The maximum atomic E-state index is 11.1. The molecule has 0 amide bonds. The number of hydrogen-bond acceptors (Lipinski definition) is 3. The lowest BCUT2D eigenvalue weighted by molar-refractivity contribution is 0.0697. The smallest absolute Gasteiger partial charge is 0.335 e. The molecule has 1 saturated carbocycles. The average molecular weight is 290 g/mol. The Balaban J connectivity index is 2.02. The SMILES string of the molecule is CCSC1CCCC1n1cnc2ccc(C(=O)O)cc21. The Morgan fingerprint density at radius 1 is 1.50 bits per heavy atom. The molecule has 1 aromatic carbocycles. The summed E-state index contributed by atoms with van der Waals surface area (Å²) >= 11 is 2.00. The molecule has 20 heavy (non-hydrogen) atoms. The van der Waals surface area contributed by atoms with E-state index in [1.54, 1.807) is 18.2 Å². The van der Waals surface area contributed by atoms with Crippen LogP contribution in [-0.4, -0.2) is 31.6 Å². The third-order valence-corrected chi connectivity index (χ3v) is 5.29. The van der Waals surface area contributed by atoms with Crippen LogP contribution in [-0.2, 0) is 0 Å². The minimum atomic E-state index is -0.884. The summed E-state index contributed by atoms with van der Waals surface area (Å²) < 4.78 is 2.18. The van der Waals surface area contributed by atoms with Crippen LogP contribution in [0.1, 0.15) is 42.6 Å². The summed E-state index contributed by atoms with van der Waals surface area (Å²) in [5.74, 6) is 0.235. The van der Waals surface area contributed by atoms with E-state index in [1.807, 2.05) is 18.1 Å². The summed E-state index contributed by atoms with van der Waals surface area (Å²) in [7, 11) is 0. The first-order chi connectivity index (χ1) is 9.70. The molecule has 1 aliphatic carbocycles. The van der Waals surface area contributed by atoms with Crippen LogP contribution in [0.5, 0.6) is 0 Å². The molecule has 1 fully saturated rings. The van der Waals surface area contributed by atoms with E-state index >= 15 is 0 Å². The van der Waals surface area contributed by atoms with Gasteiger partial charge in [0.15, 0.2) is 0 Å².